The van der Waals surface area contributed by atoms with Crippen LogP contribution in [0.15, 0.2) is 24.8 Å². The van der Waals surface area contributed by atoms with E-state index in [0.29, 0.717) is 18.3 Å². The summed E-state index contributed by atoms with van der Waals surface area (Å²) >= 11 is 0. The van der Waals surface area contributed by atoms with Crippen molar-refractivity contribution in [2.75, 3.05) is 6.61 Å². The Morgan fingerprint density at radius 3 is 3.07 bits per heavy atom. The van der Waals surface area contributed by atoms with Gasteiger partial charge in [0, 0.05) is 0 Å². The minimum absolute atomic E-state index is 0.157. The van der Waals surface area contributed by atoms with E-state index in [1.165, 1.54) is 12.5 Å². The fourth-order valence-corrected chi connectivity index (χ4v) is 2.11. The zero-order valence-electron chi connectivity index (χ0n) is 8.83. The summed E-state index contributed by atoms with van der Waals surface area (Å²) in [4.78, 5) is 11.3. The predicted molar refractivity (Wildman–Crippen MR) is 56.4 cm³/mol. The zero-order chi connectivity index (χ0) is 10.9. The number of epoxide rings is 1. The van der Waals surface area contributed by atoms with Gasteiger partial charge in [0.2, 0.25) is 0 Å². The molecule has 0 N–H and O–H groups in total. The van der Waals surface area contributed by atoms with E-state index in [1.807, 2.05) is 0 Å². The fraction of sp³-hybridized carbons (Fsp3) is 0.583. The van der Waals surface area contributed by atoms with Crippen LogP contribution in [-0.4, -0.2) is 24.3 Å². The van der Waals surface area contributed by atoms with E-state index in [0.717, 1.165) is 19.3 Å². The molecule has 1 aliphatic heterocycles. The average molecular weight is 208 g/mol. The molecular weight excluding hydrogens is 192 g/mol. The van der Waals surface area contributed by atoms with Gasteiger partial charge in [0.15, 0.2) is 0 Å². The zero-order valence-corrected chi connectivity index (χ0v) is 8.83. The van der Waals surface area contributed by atoms with Crippen molar-refractivity contribution in [1.29, 1.82) is 0 Å². The van der Waals surface area contributed by atoms with Gasteiger partial charge in [-0.1, -0.05) is 32.1 Å². The molecule has 2 unspecified atom stereocenters. The lowest BCUT2D eigenvalue weighted by Gasteiger charge is -2.16. The molecule has 1 saturated carbocycles. The lowest BCUT2D eigenvalue weighted by atomic mass is 9.90. The second-order valence-electron chi connectivity index (χ2n) is 4.22. The molecule has 2 atom stereocenters. The molecule has 0 radical (unpaired) electrons. The van der Waals surface area contributed by atoms with Gasteiger partial charge in [-0.2, -0.15) is 0 Å². The molecule has 15 heavy (non-hydrogen) atoms. The molecule has 2 aliphatic rings. The van der Waals surface area contributed by atoms with E-state index in [4.69, 9.17) is 9.47 Å². The Hall–Kier alpha value is -1.09. The summed E-state index contributed by atoms with van der Waals surface area (Å²) in [5, 5.41) is 0. The largest absolute Gasteiger partial charge is 0.459 e. The molecule has 0 aromatic rings. The van der Waals surface area contributed by atoms with Crippen LogP contribution in [0, 0.1) is 0 Å². The van der Waals surface area contributed by atoms with Crippen LogP contribution in [0.25, 0.3) is 0 Å². The maximum Gasteiger partial charge on any atom is 0.337 e. The smallest absolute Gasteiger partial charge is 0.337 e. The first-order valence-electron chi connectivity index (χ1n) is 5.34. The molecule has 1 aliphatic carbocycles. The summed E-state index contributed by atoms with van der Waals surface area (Å²) in [5.41, 5.74) is 0.148. The van der Waals surface area contributed by atoms with E-state index in [9.17, 15) is 4.79 Å². The molecule has 82 valence electrons. The lowest BCUT2D eigenvalue weighted by Crippen LogP contribution is -2.27. The van der Waals surface area contributed by atoms with Crippen LogP contribution in [0.4, 0.5) is 0 Å². The normalized spacial score (nSPS) is 32.7. The minimum Gasteiger partial charge on any atom is -0.459 e. The molecule has 0 amide bonds. The SMILES string of the molecule is C=CC(=C)C(=O)OCC12CCCCC1O2. The van der Waals surface area contributed by atoms with Crippen LogP contribution in [0.1, 0.15) is 25.7 Å². The first-order chi connectivity index (χ1) is 7.18. The first-order valence-corrected chi connectivity index (χ1v) is 5.34. The van der Waals surface area contributed by atoms with Crippen LogP contribution in [-0.2, 0) is 14.3 Å². The van der Waals surface area contributed by atoms with E-state index in [2.05, 4.69) is 13.2 Å². The monoisotopic (exact) mass is 208 g/mol. The van der Waals surface area contributed by atoms with Gasteiger partial charge >= 0.3 is 5.97 Å². The van der Waals surface area contributed by atoms with Gasteiger partial charge in [0.25, 0.3) is 0 Å². The highest BCUT2D eigenvalue weighted by Gasteiger charge is 2.58. The Balaban J connectivity index is 1.81. The van der Waals surface area contributed by atoms with E-state index >= 15 is 0 Å². The Labute approximate surface area is 89.8 Å². The molecule has 2 fully saturated rings. The molecule has 0 bridgehead atoms. The van der Waals surface area contributed by atoms with Gasteiger partial charge < -0.3 is 9.47 Å². The van der Waals surface area contributed by atoms with Crippen molar-refractivity contribution in [3.05, 3.63) is 24.8 Å². The van der Waals surface area contributed by atoms with Crippen LogP contribution in [0.3, 0.4) is 0 Å². The van der Waals surface area contributed by atoms with Crippen LogP contribution in [0.5, 0.6) is 0 Å². The van der Waals surface area contributed by atoms with E-state index < -0.39 is 0 Å². The second-order valence-corrected chi connectivity index (χ2v) is 4.22. The third-order valence-corrected chi connectivity index (χ3v) is 3.18. The number of hydrogen-bond donors (Lipinski definition) is 0. The standard InChI is InChI=1S/C12H16O3/c1-3-9(2)11(13)14-8-12-7-5-4-6-10(12)15-12/h3,10H,1-2,4-8H2. The van der Waals surface area contributed by atoms with Crippen molar-refractivity contribution in [1.82, 2.24) is 0 Å². The molecule has 1 heterocycles. The molecular formula is C12H16O3. The Morgan fingerprint density at radius 2 is 2.40 bits per heavy atom. The van der Waals surface area contributed by atoms with Gasteiger partial charge in [-0.25, -0.2) is 4.79 Å². The maximum absolute atomic E-state index is 11.3. The highest BCUT2D eigenvalue weighted by molar-refractivity contribution is 5.90. The Morgan fingerprint density at radius 1 is 1.60 bits per heavy atom. The number of carbonyl (C=O) groups excluding carboxylic acids is 1. The van der Waals surface area contributed by atoms with Gasteiger partial charge in [-0.3, -0.25) is 0 Å². The summed E-state index contributed by atoms with van der Waals surface area (Å²) in [6.45, 7) is 7.38. The van der Waals surface area contributed by atoms with Gasteiger partial charge in [0.05, 0.1) is 11.7 Å². The van der Waals surface area contributed by atoms with Crippen LogP contribution in [0.2, 0.25) is 0 Å². The van der Waals surface area contributed by atoms with Crippen molar-refractivity contribution < 1.29 is 14.3 Å². The molecule has 0 aromatic heterocycles. The Kier molecular flexibility index (Phi) is 2.65. The quantitative estimate of drug-likeness (QED) is 0.307. The summed E-state index contributed by atoms with van der Waals surface area (Å²) in [7, 11) is 0. The highest BCUT2D eigenvalue weighted by Crippen LogP contribution is 2.47. The van der Waals surface area contributed by atoms with E-state index in [-0.39, 0.29) is 11.6 Å². The topological polar surface area (TPSA) is 38.8 Å². The number of fused-ring (bicyclic) bond motifs is 1. The highest BCUT2D eigenvalue weighted by atomic mass is 16.6. The maximum atomic E-state index is 11.3. The summed E-state index contributed by atoms with van der Waals surface area (Å²) in [6, 6.07) is 0. The summed E-state index contributed by atoms with van der Waals surface area (Å²) in [5.74, 6) is -0.390. The van der Waals surface area contributed by atoms with Crippen molar-refractivity contribution in [2.45, 2.75) is 37.4 Å². The predicted octanol–water partition coefficient (Wildman–Crippen LogP) is 1.98. The van der Waals surface area contributed by atoms with Crippen LogP contribution >= 0.6 is 0 Å². The fourth-order valence-electron chi connectivity index (χ4n) is 2.11. The number of hydrogen-bond acceptors (Lipinski definition) is 3. The van der Waals surface area contributed by atoms with Gasteiger partial charge in [0.1, 0.15) is 12.2 Å². The third-order valence-electron chi connectivity index (χ3n) is 3.18. The Bertz CT molecular complexity index is 308. The summed E-state index contributed by atoms with van der Waals surface area (Å²) < 4.78 is 10.7. The average Bonchev–Trinajstić information content (AvgIpc) is 2.99. The third kappa shape index (κ3) is 1.97. The van der Waals surface area contributed by atoms with Crippen molar-refractivity contribution in [2.24, 2.45) is 0 Å². The molecule has 3 heteroatoms. The van der Waals surface area contributed by atoms with Crippen molar-refractivity contribution in [3.8, 4) is 0 Å². The minimum atomic E-state index is -0.390. The molecule has 1 saturated heterocycles. The van der Waals surface area contributed by atoms with Crippen LogP contribution < -0.4 is 0 Å². The second kappa shape index (κ2) is 3.81. The molecule has 2 rings (SSSR count). The van der Waals surface area contributed by atoms with E-state index in [1.54, 1.807) is 0 Å². The van der Waals surface area contributed by atoms with Crippen molar-refractivity contribution in [3.63, 3.8) is 0 Å². The van der Waals surface area contributed by atoms with Crippen molar-refractivity contribution >= 4 is 5.97 Å². The number of rotatable bonds is 4. The molecule has 0 aromatic carbocycles. The lowest BCUT2D eigenvalue weighted by molar-refractivity contribution is -0.140. The van der Waals surface area contributed by atoms with Gasteiger partial charge in [-0.15, -0.1) is 0 Å². The number of ether oxygens (including phenoxy) is 2. The summed E-state index contributed by atoms with van der Waals surface area (Å²) in [6.07, 6.45) is 6.21. The molecule has 0 spiro atoms. The molecule has 3 nitrogen and oxygen atoms in total. The first kappa shape index (κ1) is 10.4. The number of esters is 1. The number of carbonyl (C=O) groups is 1. The van der Waals surface area contributed by atoms with Gasteiger partial charge in [-0.05, 0) is 12.8 Å².